The zero-order chi connectivity index (χ0) is 17.4. The van der Waals surface area contributed by atoms with Crippen LogP contribution in [0.2, 0.25) is 5.28 Å². The molecule has 1 atom stereocenters. The molecule has 0 amide bonds. The summed E-state index contributed by atoms with van der Waals surface area (Å²) in [6, 6.07) is 5.00. The van der Waals surface area contributed by atoms with Crippen molar-refractivity contribution < 1.29 is 14.6 Å². The summed E-state index contributed by atoms with van der Waals surface area (Å²) >= 11 is 6.11. The number of imidazole rings is 1. The smallest absolute Gasteiger partial charge is 0.226 e. The van der Waals surface area contributed by atoms with Crippen molar-refractivity contribution in [1.29, 1.82) is 0 Å². The summed E-state index contributed by atoms with van der Waals surface area (Å²) in [6.45, 7) is 0.717. The van der Waals surface area contributed by atoms with Gasteiger partial charge in [-0.15, -0.1) is 0 Å². The number of phenols is 1. The van der Waals surface area contributed by atoms with Gasteiger partial charge in [0.05, 0.1) is 19.1 Å². The number of benzene rings is 1. The van der Waals surface area contributed by atoms with Crippen LogP contribution in [0.5, 0.6) is 11.5 Å². The van der Waals surface area contributed by atoms with Crippen LogP contribution < -0.4 is 10.1 Å². The molecule has 1 saturated heterocycles. The van der Waals surface area contributed by atoms with E-state index in [4.69, 9.17) is 21.1 Å². The lowest BCUT2D eigenvalue weighted by Crippen LogP contribution is -2.07. The number of aromatic hydroxyl groups is 1. The van der Waals surface area contributed by atoms with Crippen molar-refractivity contribution in [3.05, 3.63) is 29.8 Å². The number of anilines is 2. The van der Waals surface area contributed by atoms with E-state index in [0.717, 1.165) is 19.4 Å². The van der Waals surface area contributed by atoms with E-state index in [9.17, 15) is 5.11 Å². The van der Waals surface area contributed by atoms with Crippen molar-refractivity contribution in [2.75, 3.05) is 19.0 Å². The van der Waals surface area contributed by atoms with Crippen LogP contribution in [-0.2, 0) is 4.74 Å². The molecule has 1 aliphatic rings. The van der Waals surface area contributed by atoms with E-state index in [2.05, 4.69) is 20.3 Å². The summed E-state index contributed by atoms with van der Waals surface area (Å²) in [5.74, 6) is 0.758. The molecule has 2 N–H and O–H groups in total. The molecule has 0 spiro atoms. The molecule has 0 aliphatic carbocycles. The van der Waals surface area contributed by atoms with Crippen LogP contribution in [0.1, 0.15) is 19.1 Å². The van der Waals surface area contributed by atoms with E-state index in [1.54, 1.807) is 24.5 Å². The Labute approximate surface area is 148 Å². The van der Waals surface area contributed by atoms with Crippen molar-refractivity contribution in [3.63, 3.8) is 0 Å². The second kappa shape index (κ2) is 6.38. The minimum absolute atomic E-state index is 0.0220. The number of hydrogen-bond acceptors (Lipinski definition) is 7. The van der Waals surface area contributed by atoms with Crippen molar-refractivity contribution in [1.82, 2.24) is 19.5 Å². The highest BCUT2D eigenvalue weighted by atomic mass is 35.5. The molecule has 130 valence electrons. The van der Waals surface area contributed by atoms with Gasteiger partial charge >= 0.3 is 0 Å². The van der Waals surface area contributed by atoms with Gasteiger partial charge in [0.15, 0.2) is 28.5 Å². The highest BCUT2D eigenvalue weighted by Gasteiger charge is 2.22. The topological polar surface area (TPSA) is 94.3 Å². The van der Waals surface area contributed by atoms with Crippen molar-refractivity contribution in [2.24, 2.45) is 0 Å². The first-order chi connectivity index (χ1) is 12.2. The molecule has 1 unspecified atom stereocenters. The fourth-order valence-electron chi connectivity index (χ4n) is 2.93. The molecule has 4 rings (SSSR count). The lowest BCUT2D eigenvalue weighted by Gasteiger charge is -2.13. The fourth-order valence-corrected chi connectivity index (χ4v) is 3.10. The second-order valence-electron chi connectivity index (χ2n) is 5.62. The highest BCUT2D eigenvalue weighted by molar-refractivity contribution is 6.28. The number of halogens is 1. The summed E-state index contributed by atoms with van der Waals surface area (Å²) in [5, 5.41) is 13.1. The van der Waals surface area contributed by atoms with E-state index < -0.39 is 0 Å². The van der Waals surface area contributed by atoms with Gasteiger partial charge in [-0.25, -0.2) is 4.98 Å². The van der Waals surface area contributed by atoms with E-state index >= 15 is 0 Å². The third-order valence-corrected chi connectivity index (χ3v) is 4.23. The number of nitrogens with zero attached hydrogens (tertiary/aromatic N) is 4. The molecule has 0 saturated carbocycles. The summed E-state index contributed by atoms with van der Waals surface area (Å²) in [6.07, 6.45) is 3.47. The Bertz CT molecular complexity index is 924. The first-order valence-corrected chi connectivity index (χ1v) is 8.20. The number of hydrogen-bond donors (Lipinski definition) is 2. The first-order valence-electron chi connectivity index (χ1n) is 7.82. The van der Waals surface area contributed by atoms with Gasteiger partial charge in [0.2, 0.25) is 5.28 Å². The molecule has 1 fully saturated rings. The Hall–Kier alpha value is -2.58. The van der Waals surface area contributed by atoms with Crippen LogP contribution in [0.25, 0.3) is 11.2 Å². The van der Waals surface area contributed by atoms with Gasteiger partial charge in [0.25, 0.3) is 0 Å². The third-order valence-electron chi connectivity index (χ3n) is 4.06. The monoisotopic (exact) mass is 361 g/mol. The maximum atomic E-state index is 9.92. The molecule has 3 aromatic rings. The SMILES string of the molecule is COc1c(O)cccc1Nc1nc(Cl)nc2c1ncn2C1CCCO1. The molecular weight excluding hydrogens is 346 g/mol. The van der Waals surface area contributed by atoms with Gasteiger partial charge < -0.3 is 19.9 Å². The van der Waals surface area contributed by atoms with Gasteiger partial charge in [-0.1, -0.05) is 6.07 Å². The number of ether oxygens (including phenoxy) is 2. The van der Waals surface area contributed by atoms with E-state index in [1.165, 1.54) is 7.11 Å². The Morgan fingerprint density at radius 1 is 1.40 bits per heavy atom. The van der Waals surface area contributed by atoms with Gasteiger partial charge in [-0.05, 0) is 36.6 Å². The number of fused-ring (bicyclic) bond motifs is 1. The van der Waals surface area contributed by atoms with Crippen LogP contribution in [0.4, 0.5) is 11.5 Å². The predicted molar refractivity (Wildman–Crippen MR) is 92.5 cm³/mol. The summed E-state index contributed by atoms with van der Waals surface area (Å²) in [4.78, 5) is 12.9. The van der Waals surface area contributed by atoms with Crippen molar-refractivity contribution in [3.8, 4) is 11.5 Å². The van der Waals surface area contributed by atoms with Crippen LogP contribution in [0.15, 0.2) is 24.5 Å². The standard InChI is InChI=1S/C16H16ClN5O3/c1-24-13-9(4-2-5-10(13)23)19-14-12-15(21-16(17)20-14)22(8-18-12)11-6-3-7-25-11/h2,4-5,8,11,23H,3,6-7H2,1H3,(H,19,20,21). The minimum atomic E-state index is -0.0980. The fraction of sp³-hybridized carbons (Fsp3) is 0.312. The quantitative estimate of drug-likeness (QED) is 0.689. The van der Waals surface area contributed by atoms with Crippen molar-refractivity contribution in [2.45, 2.75) is 19.1 Å². The maximum Gasteiger partial charge on any atom is 0.226 e. The van der Waals surface area contributed by atoms with Crippen LogP contribution >= 0.6 is 11.6 Å². The third kappa shape index (κ3) is 2.83. The van der Waals surface area contributed by atoms with Gasteiger partial charge in [-0.3, -0.25) is 4.57 Å². The second-order valence-corrected chi connectivity index (χ2v) is 5.95. The lowest BCUT2D eigenvalue weighted by molar-refractivity contribution is 0.0593. The number of phenolic OH excluding ortho intramolecular Hbond substituents is 1. The molecule has 1 aliphatic heterocycles. The molecule has 1 aromatic carbocycles. The van der Waals surface area contributed by atoms with Crippen LogP contribution in [-0.4, -0.2) is 38.3 Å². The average molecular weight is 362 g/mol. The minimum Gasteiger partial charge on any atom is -0.504 e. The lowest BCUT2D eigenvalue weighted by atomic mass is 10.2. The van der Waals surface area contributed by atoms with E-state index in [-0.39, 0.29) is 17.3 Å². The Balaban J connectivity index is 1.79. The molecule has 0 radical (unpaired) electrons. The first kappa shape index (κ1) is 15.9. The molecule has 25 heavy (non-hydrogen) atoms. The highest BCUT2D eigenvalue weighted by Crippen LogP contribution is 2.37. The normalized spacial score (nSPS) is 17.1. The predicted octanol–water partition coefficient (Wildman–Crippen LogP) is 3.25. The van der Waals surface area contributed by atoms with Crippen molar-refractivity contribution >= 4 is 34.3 Å². The van der Waals surface area contributed by atoms with Gasteiger partial charge in [-0.2, -0.15) is 9.97 Å². The Morgan fingerprint density at radius 2 is 2.28 bits per heavy atom. The molecule has 0 bridgehead atoms. The Kier molecular flexibility index (Phi) is 4.06. The molecular formula is C16H16ClN5O3. The summed E-state index contributed by atoms with van der Waals surface area (Å²) in [5.41, 5.74) is 1.70. The average Bonchev–Trinajstić information content (AvgIpc) is 3.24. The number of rotatable bonds is 4. The van der Waals surface area contributed by atoms with Gasteiger partial charge in [0, 0.05) is 6.61 Å². The molecule has 9 heteroatoms. The zero-order valence-corrected chi connectivity index (χ0v) is 14.2. The molecule has 3 heterocycles. The maximum absolute atomic E-state index is 9.92. The zero-order valence-electron chi connectivity index (χ0n) is 13.4. The number of para-hydroxylation sites is 1. The van der Waals surface area contributed by atoms with Gasteiger partial charge in [0.1, 0.15) is 6.23 Å². The number of aromatic nitrogens is 4. The van der Waals surface area contributed by atoms with Crippen LogP contribution in [0, 0.1) is 0 Å². The number of nitrogens with one attached hydrogen (secondary N) is 1. The summed E-state index contributed by atoms with van der Waals surface area (Å²) < 4.78 is 12.8. The van der Waals surface area contributed by atoms with Crippen LogP contribution in [0.3, 0.4) is 0 Å². The summed E-state index contributed by atoms with van der Waals surface area (Å²) in [7, 11) is 1.48. The Morgan fingerprint density at radius 3 is 3.04 bits per heavy atom. The molecule has 8 nitrogen and oxygen atoms in total. The van der Waals surface area contributed by atoms with E-state index in [0.29, 0.717) is 28.4 Å². The largest absolute Gasteiger partial charge is 0.504 e. The van der Waals surface area contributed by atoms with E-state index in [1.807, 2.05) is 4.57 Å². The number of methoxy groups -OCH3 is 1. The molecule has 2 aromatic heterocycles.